The second-order valence-corrected chi connectivity index (χ2v) is 9.13. The van der Waals surface area contributed by atoms with E-state index in [1.807, 2.05) is 26.1 Å². The van der Waals surface area contributed by atoms with Gasteiger partial charge >= 0.3 is 0 Å². The van der Waals surface area contributed by atoms with Gasteiger partial charge in [-0.05, 0) is 62.1 Å². The van der Waals surface area contributed by atoms with E-state index in [9.17, 15) is 0 Å². The van der Waals surface area contributed by atoms with Crippen LogP contribution >= 0.6 is 0 Å². The molecule has 36 heavy (non-hydrogen) atoms. The predicted molar refractivity (Wildman–Crippen MR) is 144 cm³/mol. The van der Waals surface area contributed by atoms with Crippen LogP contribution in [0.1, 0.15) is 31.7 Å². The molecular weight excluding hydrogens is 625 g/mol. The Kier molecular flexibility index (Phi) is 9.47. The summed E-state index contributed by atoms with van der Waals surface area (Å²) in [5.41, 5.74) is 6.17. The summed E-state index contributed by atoms with van der Waals surface area (Å²) in [4.78, 5) is 9.12. The van der Waals surface area contributed by atoms with E-state index >= 15 is 0 Å². The normalized spacial score (nSPS) is 12.4. The fourth-order valence-corrected chi connectivity index (χ4v) is 4.22. The van der Waals surface area contributed by atoms with E-state index in [1.165, 1.54) is 32.7 Å². The van der Waals surface area contributed by atoms with Gasteiger partial charge in [-0.2, -0.15) is 0 Å². The number of hydrogen-bond donors (Lipinski definition) is 2. The first-order valence-electron chi connectivity index (χ1n) is 11.9. The number of aliphatic hydroxyl groups is 2. The maximum atomic E-state index is 8.56. The molecule has 1 aromatic heterocycles. The summed E-state index contributed by atoms with van der Waals surface area (Å²) in [6.07, 6.45) is 1.53. The number of aryl methyl sites for hydroxylation is 2. The maximum absolute atomic E-state index is 8.56. The molecule has 0 amide bonds. The SMILES string of the molecule is CC(O)CC(C)O.Cc1cnc(-c2[c-]cc3ccc(-c4ccc5ccccc5c4)cc3c2)c(C)n1.[Ir]. The topological polar surface area (TPSA) is 66.2 Å². The quantitative estimate of drug-likeness (QED) is 0.213. The zero-order valence-electron chi connectivity index (χ0n) is 21.0. The molecule has 4 aromatic carbocycles. The number of hydrogen-bond acceptors (Lipinski definition) is 4. The van der Waals surface area contributed by atoms with Crippen LogP contribution in [0.25, 0.3) is 43.9 Å². The summed E-state index contributed by atoms with van der Waals surface area (Å²) < 4.78 is 0. The Hall–Kier alpha value is -2.95. The van der Waals surface area contributed by atoms with Gasteiger partial charge in [-0.25, -0.2) is 0 Å². The molecular formula is C31H31IrN2O2-. The van der Waals surface area contributed by atoms with Crippen LogP contribution in [0.5, 0.6) is 0 Å². The molecule has 0 saturated carbocycles. The Labute approximate surface area is 226 Å². The van der Waals surface area contributed by atoms with Crippen molar-refractivity contribution in [2.24, 2.45) is 0 Å². The van der Waals surface area contributed by atoms with Gasteiger partial charge in [0.2, 0.25) is 0 Å². The van der Waals surface area contributed by atoms with Gasteiger partial charge in [0.15, 0.2) is 0 Å². The third kappa shape index (κ3) is 6.83. The second kappa shape index (κ2) is 12.3. The maximum Gasteiger partial charge on any atom is 0.0539 e. The first-order chi connectivity index (χ1) is 16.8. The fraction of sp³-hybridized carbons (Fsp3) is 0.226. The minimum absolute atomic E-state index is 0. The average Bonchev–Trinajstić information content (AvgIpc) is 2.82. The number of benzene rings is 4. The molecule has 0 aliphatic rings. The van der Waals surface area contributed by atoms with Crippen molar-refractivity contribution in [1.29, 1.82) is 0 Å². The third-order valence-corrected chi connectivity index (χ3v) is 5.86. The molecule has 2 N–H and O–H groups in total. The summed E-state index contributed by atoms with van der Waals surface area (Å²) in [6.45, 7) is 7.28. The third-order valence-electron chi connectivity index (χ3n) is 5.86. The fourth-order valence-electron chi connectivity index (χ4n) is 4.22. The van der Waals surface area contributed by atoms with Crippen molar-refractivity contribution >= 4 is 21.5 Å². The van der Waals surface area contributed by atoms with Gasteiger partial charge in [-0.1, -0.05) is 60.0 Å². The van der Waals surface area contributed by atoms with Crippen LogP contribution in [0.3, 0.4) is 0 Å². The standard InChI is InChI=1S/C26H19N2.C5H12O2.Ir/c1-17-16-27-26(18(2)28-17)24-12-9-20-8-11-23(14-25(20)15-24)22-10-7-19-5-3-4-6-21(19)13-22;1-4(6)3-5(2)7;/h3-11,13-16H,1-2H3;4-7H,3H2,1-2H3;/q-1;;. The molecule has 0 aliphatic heterocycles. The van der Waals surface area contributed by atoms with Gasteiger partial charge in [0.1, 0.15) is 0 Å². The van der Waals surface area contributed by atoms with E-state index in [0.29, 0.717) is 6.42 Å². The summed E-state index contributed by atoms with van der Waals surface area (Å²) in [5, 5.41) is 22.0. The van der Waals surface area contributed by atoms with E-state index < -0.39 is 0 Å². The summed E-state index contributed by atoms with van der Waals surface area (Å²) in [6, 6.07) is 29.2. The van der Waals surface area contributed by atoms with Crippen molar-refractivity contribution < 1.29 is 30.3 Å². The van der Waals surface area contributed by atoms with Crippen molar-refractivity contribution in [3.63, 3.8) is 0 Å². The Bertz CT molecular complexity index is 1460. The molecule has 5 rings (SSSR count). The Morgan fingerprint density at radius 3 is 2.00 bits per heavy atom. The zero-order chi connectivity index (χ0) is 24.9. The van der Waals surface area contributed by atoms with Crippen LogP contribution < -0.4 is 0 Å². The number of fused-ring (bicyclic) bond motifs is 2. The van der Waals surface area contributed by atoms with Gasteiger partial charge in [0.05, 0.1) is 17.9 Å². The van der Waals surface area contributed by atoms with E-state index in [-0.39, 0.29) is 32.3 Å². The number of rotatable bonds is 4. The van der Waals surface area contributed by atoms with E-state index in [1.54, 1.807) is 13.8 Å². The molecule has 2 atom stereocenters. The first kappa shape index (κ1) is 27.6. The van der Waals surface area contributed by atoms with Crippen LogP contribution in [0.15, 0.2) is 79.0 Å². The zero-order valence-corrected chi connectivity index (χ0v) is 23.4. The van der Waals surface area contributed by atoms with E-state index in [0.717, 1.165) is 22.6 Å². The van der Waals surface area contributed by atoms with Crippen LogP contribution in [0.2, 0.25) is 0 Å². The largest absolute Gasteiger partial charge is 0.393 e. The molecule has 187 valence electrons. The van der Waals surface area contributed by atoms with E-state index in [2.05, 4.69) is 82.8 Å². The van der Waals surface area contributed by atoms with Crippen molar-refractivity contribution in [3.05, 3.63) is 96.4 Å². The summed E-state index contributed by atoms with van der Waals surface area (Å²) in [5.74, 6) is 0. The number of nitrogens with zero attached hydrogens (tertiary/aromatic N) is 2. The van der Waals surface area contributed by atoms with Gasteiger partial charge in [-0.3, -0.25) is 4.98 Å². The number of aliphatic hydroxyl groups excluding tert-OH is 2. The molecule has 0 saturated heterocycles. The molecule has 0 aliphatic carbocycles. The molecule has 0 bridgehead atoms. The van der Waals surface area contributed by atoms with Crippen LogP contribution in [-0.4, -0.2) is 32.4 Å². The molecule has 0 fully saturated rings. The average molecular weight is 656 g/mol. The van der Waals surface area contributed by atoms with Gasteiger partial charge in [0.25, 0.3) is 0 Å². The van der Waals surface area contributed by atoms with Crippen LogP contribution in [0, 0.1) is 19.9 Å². The van der Waals surface area contributed by atoms with Crippen LogP contribution in [-0.2, 0) is 20.1 Å². The van der Waals surface area contributed by atoms with Crippen molar-refractivity contribution in [2.75, 3.05) is 0 Å². The second-order valence-electron chi connectivity index (χ2n) is 9.13. The molecule has 5 heteroatoms. The minimum atomic E-state index is -0.375. The van der Waals surface area contributed by atoms with Crippen LogP contribution in [0.4, 0.5) is 0 Å². The molecule has 2 unspecified atom stereocenters. The van der Waals surface area contributed by atoms with Gasteiger partial charge in [-0.15, -0.1) is 29.1 Å². The van der Waals surface area contributed by atoms with Gasteiger partial charge < -0.3 is 15.2 Å². The molecule has 5 aromatic rings. The molecule has 1 radical (unpaired) electrons. The Balaban J connectivity index is 0.000000400. The van der Waals surface area contributed by atoms with Crippen molar-refractivity contribution in [1.82, 2.24) is 9.97 Å². The smallest absolute Gasteiger partial charge is 0.0539 e. The summed E-state index contributed by atoms with van der Waals surface area (Å²) in [7, 11) is 0. The Morgan fingerprint density at radius 1 is 0.778 bits per heavy atom. The summed E-state index contributed by atoms with van der Waals surface area (Å²) >= 11 is 0. The predicted octanol–water partition coefficient (Wildman–Crippen LogP) is 6.67. The molecule has 4 nitrogen and oxygen atoms in total. The molecule has 1 heterocycles. The first-order valence-corrected chi connectivity index (χ1v) is 11.9. The Morgan fingerprint density at radius 2 is 1.39 bits per heavy atom. The van der Waals surface area contributed by atoms with Crippen molar-refractivity contribution in [2.45, 2.75) is 46.3 Å². The van der Waals surface area contributed by atoms with Gasteiger partial charge in [0, 0.05) is 37.7 Å². The monoisotopic (exact) mass is 656 g/mol. The van der Waals surface area contributed by atoms with E-state index in [4.69, 9.17) is 10.2 Å². The minimum Gasteiger partial charge on any atom is -0.393 e. The van der Waals surface area contributed by atoms with Crippen molar-refractivity contribution in [3.8, 4) is 22.4 Å². The molecule has 0 spiro atoms. The number of aromatic nitrogens is 2.